The molecule has 3 amide bonds. The third-order valence-corrected chi connectivity index (χ3v) is 5.03. The van der Waals surface area contributed by atoms with Crippen molar-refractivity contribution in [1.82, 2.24) is 15.2 Å². The molecule has 0 atom stereocenters. The number of amides is 3. The molecule has 0 spiro atoms. The number of ether oxygens (including phenoxy) is 1. The van der Waals surface area contributed by atoms with Crippen molar-refractivity contribution in [3.05, 3.63) is 53.3 Å². The summed E-state index contributed by atoms with van der Waals surface area (Å²) < 4.78 is 5.22. The average Bonchev–Trinajstić information content (AvgIpc) is 2.73. The lowest BCUT2D eigenvalue weighted by Crippen LogP contribution is -2.42. The fraction of sp³-hybridized carbons (Fsp3) is 0.350. The van der Waals surface area contributed by atoms with Gasteiger partial charge < -0.3 is 20.3 Å². The summed E-state index contributed by atoms with van der Waals surface area (Å²) in [4.78, 5) is 30.4. The Bertz CT molecular complexity index is 823. The van der Waals surface area contributed by atoms with Gasteiger partial charge in [0.2, 0.25) is 0 Å². The number of rotatable bonds is 5. The predicted octanol–water partition coefficient (Wildman–Crippen LogP) is 3.42. The highest BCUT2D eigenvalue weighted by atomic mass is 35.5. The second-order valence-electron chi connectivity index (χ2n) is 6.65. The van der Waals surface area contributed by atoms with Crippen molar-refractivity contribution in [2.75, 3.05) is 32.1 Å². The lowest BCUT2D eigenvalue weighted by atomic mass is 9.96. The van der Waals surface area contributed by atoms with Gasteiger partial charge in [0, 0.05) is 42.6 Å². The first kappa shape index (κ1) is 19.9. The zero-order valence-corrected chi connectivity index (χ0v) is 16.4. The quantitative estimate of drug-likeness (QED) is 0.802. The topological polar surface area (TPSA) is 83.6 Å². The van der Waals surface area contributed by atoms with Crippen molar-refractivity contribution < 1.29 is 14.3 Å². The van der Waals surface area contributed by atoms with Crippen LogP contribution >= 0.6 is 11.6 Å². The highest BCUT2D eigenvalue weighted by molar-refractivity contribution is 6.31. The molecule has 0 aliphatic carbocycles. The van der Waals surface area contributed by atoms with Crippen molar-refractivity contribution in [3.63, 3.8) is 0 Å². The SMILES string of the molecule is COc1ccc(Cl)cc1NC(=O)NCC1CCN(C(=O)c2ccncc2)CC1. The number of benzene rings is 1. The van der Waals surface area contributed by atoms with Gasteiger partial charge in [-0.3, -0.25) is 9.78 Å². The summed E-state index contributed by atoms with van der Waals surface area (Å²) in [5.41, 5.74) is 1.17. The molecule has 0 unspecified atom stereocenters. The summed E-state index contributed by atoms with van der Waals surface area (Å²) in [5.74, 6) is 0.899. The Morgan fingerprint density at radius 1 is 1.21 bits per heavy atom. The molecule has 0 saturated carbocycles. The summed E-state index contributed by atoms with van der Waals surface area (Å²) in [6, 6.07) is 8.19. The summed E-state index contributed by atoms with van der Waals surface area (Å²) in [6.07, 6.45) is 4.93. The number of likely N-dealkylation sites (tertiary alicyclic amines) is 1. The second-order valence-corrected chi connectivity index (χ2v) is 7.09. The van der Waals surface area contributed by atoms with Gasteiger partial charge in [-0.05, 0) is 49.1 Å². The molecular weight excluding hydrogens is 380 g/mol. The van der Waals surface area contributed by atoms with Crippen LogP contribution in [0.4, 0.5) is 10.5 Å². The summed E-state index contributed by atoms with van der Waals surface area (Å²) in [5, 5.41) is 6.16. The number of carbonyl (C=O) groups excluding carboxylic acids is 2. The molecule has 0 radical (unpaired) electrons. The molecule has 2 N–H and O–H groups in total. The maximum absolute atomic E-state index is 12.5. The lowest BCUT2D eigenvalue weighted by Gasteiger charge is -2.32. The highest BCUT2D eigenvalue weighted by Crippen LogP contribution is 2.27. The molecule has 1 aliphatic heterocycles. The number of hydrogen-bond acceptors (Lipinski definition) is 4. The van der Waals surface area contributed by atoms with Gasteiger partial charge in [-0.1, -0.05) is 11.6 Å². The van der Waals surface area contributed by atoms with E-state index in [1.165, 1.54) is 7.11 Å². The Balaban J connectivity index is 1.45. The predicted molar refractivity (Wildman–Crippen MR) is 108 cm³/mol. The van der Waals surface area contributed by atoms with Gasteiger partial charge in [-0.15, -0.1) is 0 Å². The van der Waals surface area contributed by atoms with Crippen molar-refractivity contribution in [3.8, 4) is 5.75 Å². The molecule has 7 nitrogen and oxygen atoms in total. The fourth-order valence-corrected chi connectivity index (χ4v) is 3.37. The molecule has 1 saturated heterocycles. The maximum Gasteiger partial charge on any atom is 0.319 e. The van der Waals surface area contributed by atoms with Crippen LogP contribution in [0.15, 0.2) is 42.7 Å². The van der Waals surface area contributed by atoms with E-state index < -0.39 is 0 Å². The molecule has 0 bridgehead atoms. The molecule has 1 fully saturated rings. The van der Waals surface area contributed by atoms with E-state index in [9.17, 15) is 9.59 Å². The van der Waals surface area contributed by atoms with E-state index in [2.05, 4.69) is 15.6 Å². The van der Waals surface area contributed by atoms with Gasteiger partial charge in [0.15, 0.2) is 0 Å². The smallest absolute Gasteiger partial charge is 0.319 e. The van der Waals surface area contributed by atoms with Crippen LogP contribution in [0.25, 0.3) is 0 Å². The Kier molecular flexibility index (Phi) is 6.71. The summed E-state index contributed by atoms with van der Waals surface area (Å²) in [6.45, 7) is 1.90. The van der Waals surface area contributed by atoms with Crippen LogP contribution in [-0.2, 0) is 0 Å². The Morgan fingerprint density at radius 2 is 1.93 bits per heavy atom. The number of hydrogen-bond donors (Lipinski definition) is 2. The van der Waals surface area contributed by atoms with E-state index in [1.54, 1.807) is 42.7 Å². The first-order valence-corrected chi connectivity index (χ1v) is 9.52. The minimum atomic E-state index is -0.309. The van der Waals surface area contributed by atoms with E-state index in [-0.39, 0.29) is 11.9 Å². The van der Waals surface area contributed by atoms with E-state index in [4.69, 9.17) is 16.3 Å². The normalized spacial score (nSPS) is 14.4. The van der Waals surface area contributed by atoms with Gasteiger partial charge in [0.05, 0.1) is 12.8 Å². The zero-order chi connectivity index (χ0) is 19.9. The number of anilines is 1. The van der Waals surface area contributed by atoms with Crippen molar-refractivity contribution in [2.24, 2.45) is 5.92 Å². The Morgan fingerprint density at radius 3 is 2.61 bits per heavy atom. The van der Waals surface area contributed by atoms with Crippen LogP contribution in [0.1, 0.15) is 23.2 Å². The maximum atomic E-state index is 12.5. The number of nitrogens with zero attached hydrogens (tertiary/aromatic N) is 2. The number of pyridine rings is 1. The van der Waals surface area contributed by atoms with Gasteiger partial charge >= 0.3 is 6.03 Å². The van der Waals surface area contributed by atoms with E-state index in [1.807, 2.05) is 4.90 Å². The van der Waals surface area contributed by atoms with Crippen molar-refractivity contribution >= 4 is 29.2 Å². The first-order chi connectivity index (χ1) is 13.6. The number of carbonyl (C=O) groups is 2. The lowest BCUT2D eigenvalue weighted by molar-refractivity contribution is 0.0690. The molecular formula is C20H23ClN4O3. The molecule has 2 heterocycles. The fourth-order valence-electron chi connectivity index (χ4n) is 3.20. The van der Waals surface area contributed by atoms with Crippen molar-refractivity contribution in [2.45, 2.75) is 12.8 Å². The monoisotopic (exact) mass is 402 g/mol. The number of piperidine rings is 1. The van der Waals surface area contributed by atoms with Gasteiger partial charge in [0.25, 0.3) is 5.91 Å². The Labute approximate surface area is 169 Å². The zero-order valence-electron chi connectivity index (χ0n) is 15.7. The molecule has 148 valence electrons. The van der Waals surface area contributed by atoms with Crippen LogP contribution in [0.2, 0.25) is 5.02 Å². The number of nitrogens with one attached hydrogen (secondary N) is 2. The summed E-state index contributed by atoms with van der Waals surface area (Å²) in [7, 11) is 1.54. The minimum absolute atomic E-state index is 0.0274. The number of methoxy groups -OCH3 is 1. The van der Waals surface area contributed by atoms with Gasteiger partial charge in [-0.2, -0.15) is 0 Å². The van der Waals surface area contributed by atoms with Crippen molar-refractivity contribution in [1.29, 1.82) is 0 Å². The van der Waals surface area contributed by atoms with Crippen LogP contribution in [0, 0.1) is 5.92 Å². The van der Waals surface area contributed by atoms with Crippen LogP contribution < -0.4 is 15.4 Å². The second kappa shape index (κ2) is 9.41. The number of urea groups is 1. The molecule has 8 heteroatoms. The largest absolute Gasteiger partial charge is 0.495 e. The third-order valence-electron chi connectivity index (χ3n) is 4.79. The third kappa shape index (κ3) is 5.13. The molecule has 1 aromatic heterocycles. The molecule has 2 aromatic rings. The number of aromatic nitrogens is 1. The molecule has 3 rings (SSSR count). The minimum Gasteiger partial charge on any atom is -0.495 e. The molecule has 28 heavy (non-hydrogen) atoms. The number of halogens is 1. The van der Waals surface area contributed by atoms with Gasteiger partial charge in [-0.25, -0.2) is 4.79 Å². The van der Waals surface area contributed by atoms with E-state index in [0.29, 0.717) is 47.6 Å². The average molecular weight is 403 g/mol. The van der Waals surface area contributed by atoms with E-state index in [0.717, 1.165) is 12.8 Å². The molecule has 1 aromatic carbocycles. The van der Waals surface area contributed by atoms with E-state index >= 15 is 0 Å². The standard InChI is InChI=1S/C20H23ClN4O3/c1-28-18-3-2-16(21)12-17(18)24-20(27)23-13-14-6-10-25(11-7-14)19(26)15-4-8-22-9-5-15/h2-5,8-9,12,14H,6-7,10-11,13H2,1H3,(H2,23,24,27). The van der Waals surface area contributed by atoms with Crippen LogP contribution in [0.5, 0.6) is 5.75 Å². The summed E-state index contributed by atoms with van der Waals surface area (Å²) >= 11 is 5.98. The molecule has 1 aliphatic rings. The van der Waals surface area contributed by atoms with Crippen LogP contribution in [0.3, 0.4) is 0 Å². The first-order valence-electron chi connectivity index (χ1n) is 9.14. The van der Waals surface area contributed by atoms with Crippen LogP contribution in [-0.4, -0.2) is 48.6 Å². The highest BCUT2D eigenvalue weighted by Gasteiger charge is 2.24. The Hall–Kier alpha value is -2.80. The van der Waals surface area contributed by atoms with Gasteiger partial charge in [0.1, 0.15) is 5.75 Å².